The van der Waals surface area contributed by atoms with Gasteiger partial charge in [0.2, 0.25) is 0 Å². The topological polar surface area (TPSA) is 79.8 Å². The Balaban J connectivity index is 1.96. The van der Waals surface area contributed by atoms with Gasteiger partial charge in [0, 0.05) is 24.7 Å². The molecule has 1 aliphatic carbocycles. The van der Waals surface area contributed by atoms with E-state index in [0.717, 1.165) is 42.7 Å². The molecule has 0 unspecified atom stereocenters. The molecule has 6 nitrogen and oxygen atoms in total. The van der Waals surface area contributed by atoms with E-state index in [-0.39, 0.29) is 5.54 Å². The van der Waals surface area contributed by atoms with Crippen LogP contribution in [0.25, 0.3) is 0 Å². The number of hydrogen-bond donors (Lipinski definition) is 3. The zero-order chi connectivity index (χ0) is 16.0. The molecule has 0 aliphatic heterocycles. The van der Waals surface area contributed by atoms with Gasteiger partial charge in [0.25, 0.3) is 0 Å². The predicted octanol–water partition coefficient (Wildman–Crippen LogP) is 2.37. The normalized spacial score (nSPS) is 16.3. The van der Waals surface area contributed by atoms with Gasteiger partial charge in [0.1, 0.15) is 11.5 Å². The lowest BCUT2D eigenvalue weighted by molar-refractivity contribution is 0.176. The molecule has 0 heterocycles. The Morgan fingerprint density at radius 2 is 2.00 bits per heavy atom. The second-order valence-corrected chi connectivity index (χ2v) is 5.70. The van der Waals surface area contributed by atoms with Gasteiger partial charge in [0.15, 0.2) is 0 Å². The van der Waals surface area contributed by atoms with Gasteiger partial charge in [0.05, 0.1) is 19.8 Å². The van der Waals surface area contributed by atoms with E-state index in [1.165, 1.54) is 0 Å². The van der Waals surface area contributed by atoms with Gasteiger partial charge in [-0.2, -0.15) is 0 Å². The van der Waals surface area contributed by atoms with Gasteiger partial charge in [-0.25, -0.2) is 4.79 Å². The molecule has 3 N–H and O–H groups in total. The zero-order valence-corrected chi connectivity index (χ0v) is 13.1. The number of carboxylic acid groups (broad SMARTS) is 1. The number of amides is 1. The number of nitrogens with one attached hydrogen (secondary N) is 2. The zero-order valence-electron chi connectivity index (χ0n) is 13.1. The van der Waals surface area contributed by atoms with Gasteiger partial charge < -0.3 is 25.2 Å². The summed E-state index contributed by atoms with van der Waals surface area (Å²) < 4.78 is 10.6. The minimum atomic E-state index is -0.953. The first-order chi connectivity index (χ1) is 10.6. The molecule has 1 saturated carbocycles. The van der Waals surface area contributed by atoms with E-state index < -0.39 is 6.09 Å². The lowest BCUT2D eigenvalue weighted by atomic mass is 9.97. The molecule has 0 radical (unpaired) electrons. The van der Waals surface area contributed by atoms with Crippen LogP contribution < -0.4 is 20.1 Å². The highest BCUT2D eigenvalue weighted by Gasteiger charge is 2.34. The molecular formula is C16H24N2O4. The van der Waals surface area contributed by atoms with E-state index in [1.807, 2.05) is 18.2 Å². The van der Waals surface area contributed by atoms with Crippen LogP contribution in [0.5, 0.6) is 11.5 Å². The van der Waals surface area contributed by atoms with Gasteiger partial charge >= 0.3 is 6.09 Å². The van der Waals surface area contributed by atoms with Gasteiger partial charge in [-0.15, -0.1) is 0 Å². The van der Waals surface area contributed by atoms with Crippen LogP contribution in [-0.4, -0.2) is 37.5 Å². The van der Waals surface area contributed by atoms with Crippen molar-refractivity contribution in [3.8, 4) is 11.5 Å². The Bertz CT molecular complexity index is 513. The Morgan fingerprint density at radius 3 is 2.59 bits per heavy atom. The average Bonchev–Trinajstić information content (AvgIpc) is 2.95. The lowest BCUT2D eigenvalue weighted by Crippen LogP contribution is -2.52. The maximum absolute atomic E-state index is 11.0. The third-order valence-electron chi connectivity index (χ3n) is 4.21. The van der Waals surface area contributed by atoms with Crippen LogP contribution in [0.1, 0.15) is 31.2 Å². The maximum atomic E-state index is 11.0. The Kier molecular flexibility index (Phi) is 5.49. The van der Waals surface area contributed by atoms with Crippen molar-refractivity contribution in [2.45, 2.75) is 37.8 Å². The molecule has 0 atom stereocenters. The molecule has 1 aliphatic rings. The van der Waals surface area contributed by atoms with Crippen molar-refractivity contribution < 1.29 is 19.4 Å². The third-order valence-corrected chi connectivity index (χ3v) is 4.21. The standard InChI is InChI=1S/C16H24N2O4/c1-21-13-6-5-12(14(9-13)22-2)10-17-11-16(18-15(19)20)7-3-4-8-16/h5-6,9,17-18H,3-4,7-8,10-11H2,1-2H3,(H,19,20). The number of rotatable bonds is 7. The van der Waals surface area contributed by atoms with Crippen molar-refractivity contribution in [3.63, 3.8) is 0 Å². The molecule has 2 rings (SSSR count). The highest BCUT2D eigenvalue weighted by Crippen LogP contribution is 2.29. The van der Waals surface area contributed by atoms with Crippen LogP contribution in [0.15, 0.2) is 18.2 Å². The number of hydrogen-bond acceptors (Lipinski definition) is 4. The molecule has 0 saturated heterocycles. The van der Waals surface area contributed by atoms with Crippen molar-refractivity contribution in [2.24, 2.45) is 0 Å². The summed E-state index contributed by atoms with van der Waals surface area (Å²) in [5.74, 6) is 1.51. The Hall–Kier alpha value is -1.95. The molecule has 1 fully saturated rings. The first-order valence-corrected chi connectivity index (χ1v) is 7.51. The number of benzene rings is 1. The van der Waals surface area contributed by atoms with Crippen LogP contribution in [-0.2, 0) is 6.54 Å². The summed E-state index contributed by atoms with van der Waals surface area (Å²) in [4.78, 5) is 11.0. The molecule has 1 aromatic carbocycles. The summed E-state index contributed by atoms with van der Waals surface area (Å²) in [6, 6.07) is 5.69. The quantitative estimate of drug-likeness (QED) is 0.720. The first kappa shape index (κ1) is 16.4. The van der Waals surface area contributed by atoms with Gasteiger partial charge in [-0.1, -0.05) is 18.9 Å². The minimum Gasteiger partial charge on any atom is -0.497 e. The van der Waals surface area contributed by atoms with Crippen molar-refractivity contribution in [1.29, 1.82) is 0 Å². The lowest BCUT2D eigenvalue weighted by Gasteiger charge is -2.29. The fourth-order valence-electron chi connectivity index (χ4n) is 3.06. The molecule has 1 amide bonds. The van der Waals surface area contributed by atoms with Crippen molar-refractivity contribution >= 4 is 6.09 Å². The predicted molar refractivity (Wildman–Crippen MR) is 83.6 cm³/mol. The van der Waals surface area contributed by atoms with Gasteiger partial charge in [-0.05, 0) is 18.9 Å². The van der Waals surface area contributed by atoms with E-state index in [1.54, 1.807) is 14.2 Å². The SMILES string of the molecule is COc1ccc(CNCC2(NC(=O)O)CCCC2)c(OC)c1. The van der Waals surface area contributed by atoms with E-state index in [9.17, 15) is 4.79 Å². The van der Waals surface area contributed by atoms with E-state index >= 15 is 0 Å². The second kappa shape index (κ2) is 7.35. The molecule has 6 heteroatoms. The molecule has 22 heavy (non-hydrogen) atoms. The van der Waals surface area contributed by atoms with Crippen molar-refractivity contribution in [2.75, 3.05) is 20.8 Å². The molecule has 0 spiro atoms. The van der Waals surface area contributed by atoms with Crippen LogP contribution in [0.4, 0.5) is 4.79 Å². The van der Waals surface area contributed by atoms with Crippen LogP contribution in [0.2, 0.25) is 0 Å². The number of ether oxygens (including phenoxy) is 2. The summed E-state index contributed by atoms with van der Waals surface area (Å²) in [7, 11) is 3.25. The Labute approximate surface area is 130 Å². The fourth-order valence-corrected chi connectivity index (χ4v) is 3.06. The molecule has 0 bridgehead atoms. The minimum absolute atomic E-state index is 0.342. The van der Waals surface area contributed by atoms with Crippen molar-refractivity contribution in [3.05, 3.63) is 23.8 Å². The maximum Gasteiger partial charge on any atom is 0.405 e. The summed E-state index contributed by atoms with van der Waals surface area (Å²) in [5.41, 5.74) is 0.678. The molecule has 122 valence electrons. The smallest absolute Gasteiger partial charge is 0.405 e. The summed E-state index contributed by atoms with van der Waals surface area (Å²) in [5, 5.41) is 15.1. The number of methoxy groups -OCH3 is 2. The van der Waals surface area contributed by atoms with Gasteiger partial charge in [-0.3, -0.25) is 0 Å². The summed E-state index contributed by atoms with van der Waals surface area (Å²) in [6.07, 6.45) is 2.94. The molecular weight excluding hydrogens is 284 g/mol. The van der Waals surface area contributed by atoms with Crippen LogP contribution >= 0.6 is 0 Å². The Morgan fingerprint density at radius 1 is 1.27 bits per heavy atom. The highest BCUT2D eigenvalue weighted by atomic mass is 16.5. The average molecular weight is 308 g/mol. The molecule has 1 aromatic rings. The van der Waals surface area contributed by atoms with E-state index in [2.05, 4.69) is 10.6 Å². The van der Waals surface area contributed by atoms with E-state index in [0.29, 0.717) is 13.1 Å². The third kappa shape index (κ3) is 4.04. The largest absolute Gasteiger partial charge is 0.497 e. The van der Waals surface area contributed by atoms with Crippen LogP contribution in [0.3, 0.4) is 0 Å². The second-order valence-electron chi connectivity index (χ2n) is 5.70. The summed E-state index contributed by atoms with van der Waals surface area (Å²) in [6.45, 7) is 1.24. The van der Waals surface area contributed by atoms with Crippen molar-refractivity contribution in [1.82, 2.24) is 10.6 Å². The van der Waals surface area contributed by atoms with E-state index in [4.69, 9.17) is 14.6 Å². The highest BCUT2D eigenvalue weighted by molar-refractivity contribution is 5.65. The molecule has 0 aromatic heterocycles. The monoisotopic (exact) mass is 308 g/mol. The summed E-state index contributed by atoms with van der Waals surface area (Å²) >= 11 is 0. The van der Waals surface area contributed by atoms with Crippen LogP contribution in [0, 0.1) is 0 Å². The fraction of sp³-hybridized carbons (Fsp3) is 0.562. The first-order valence-electron chi connectivity index (χ1n) is 7.51. The number of carbonyl (C=O) groups is 1.